The lowest BCUT2D eigenvalue weighted by molar-refractivity contribution is 0.592. The zero-order chi connectivity index (χ0) is 29.5. The quantitative estimate of drug-likeness (QED) is 0.146. The second kappa shape index (κ2) is 10.8. The fraction of sp³-hybridized carbons (Fsp3) is 0. The van der Waals surface area contributed by atoms with Crippen LogP contribution in [0.2, 0.25) is 0 Å². The van der Waals surface area contributed by atoms with Gasteiger partial charge in [0.05, 0.1) is 0 Å². The molecule has 0 atom stereocenters. The molecule has 0 aliphatic carbocycles. The van der Waals surface area contributed by atoms with E-state index in [-0.39, 0.29) is 0 Å². The van der Waals surface area contributed by atoms with Crippen LogP contribution in [0.15, 0.2) is 176 Å². The fourth-order valence-electron chi connectivity index (χ4n) is 6.61. The molecule has 2 heteroatoms. The minimum Gasteiger partial charge on any atom is -0.309 e. The van der Waals surface area contributed by atoms with Gasteiger partial charge in [0.2, 0.25) is 0 Å². The highest BCUT2D eigenvalue weighted by Gasteiger charge is 2.32. The van der Waals surface area contributed by atoms with E-state index in [2.05, 4.69) is 140 Å². The Kier molecular flexibility index (Phi) is 6.48. The lowest BCUT2D eigenvalue weighted by Crippen LogP contribution is -2.25. The number of benzene rings is 8. The lowest BCUT2D eigenvalue weighted by atomic mass is 9.94. The molecular formula is C42H29OP. The third-order valence-corrected chi connectivity index (χ3v) is 11.9. The van der Waals surface area contributed by atoms with E-state index < -0.39 is 7.14 Å². The monoisotopic (exact) mass is 580 g/mol. The molecule has 8 aromatic carbocycles. The predicted molar refractivity (Wildman–Crippen MR) is 189 cm³/mol. The van der Waals surface area contributed by atoms with Gasteiger partial charge in [0.15, 0.2) is 7.14 Å². The van der Waals surface area contributed by atoms with Crippen LogP contribution in [-0.2, 0) is 4.57 Å². The van der Waals surface area contributed by atoms with Gasteiger partial charge in [-0.05, 0) is 49.2 Å². The first-order valence-electron chi connectivity index (χ1n) is 15.0. The molecule has 0 aliphatic rings. The van der Waals surface area contributed by atoms with E-state index in [0.29, 0.717) is 0 Å². The average Bonchev–Trinajstić information content (AvgIpc) is 3.12. The van der Waals surface area contributed by atoms with Crippen molar-refractivity contribution in [1.29, 1.82) is 0 Å². The van der Waals surface area contributed by atoms with E-state index in [0.717, 1.165) is 54.3 Å². The molecule has 44 heavy (non-hydrogen) atoms. The van der Waals surface area contributed by atoms with Crippen LogP contribution < -0.4 is 15.9 Å². The van der Waals surface area contributed by atoms with E-state index in [1.165, 1.54) is 16.2 Å². The maximum atomic E-state index is 16.1. The van der Waals surface area contributed by atoms with Gasteiger partial charge in [0, 0.05) is 21.3 Å². The Morgan fingerprint density at radius 3 is 1.09 bits per heavy atom. The van der Waals surface area contributed by atoms with Gasteiger partial charge in [-0.2, -0.15) is 0 Å². The molecule has 0 fully saturated rings. The summed E-state index contributed by atoms with van der Waals surface area (Å²) >= 11 is 0. The SMILES string of the molecule is O=P(c1ccc(-c2ccccc2)cc1)(c1ccc(-c2ccccc2)cc1)c1cccc2c3ccccc3c3ccccc3c12. The van der Waals surface area contributed by atoms with Gasteiger partial charge in [-0.3, -0.25) is 0 Å². The molecule has 0 amide bonds. The summed E-state index contributed by atoms with van der Waals surface area (Å²) in [6, 6.07) is 60.8. The molecule has 8 aromatic rings. The van der Waals surface area contributed by atoms with Gasteiger partial charge in [-0.1, -0.05) is 176 Å². The Balaban J connectivity index is 1.42. The summed E-state index contributed by atoms with van der Waals surface area (Å²) in [6.07, 6.45) is 0. The van der Waals surface area contributed by atoms with E-state index in [4.69, 9.17) is 0 Å². The molecule has 1 nitrogen and oxygen atoms in total. The highest BCUT2D eigenvalue weighted by Crippen LogP contribution is 2.47. The maximum Gasteiger partial charge on any atom is 0.171 e. The Morgan fingerprint density at radius 1 is 0.295 bits per heavy atom. The van der Waals surface area contributed by atoms with E-state index >= 15 is 4.57 Å². The van der Waals surface area contributed by atoms with Crippen molar-refractivity contribution in [2.24, 2.45) is 0 Å². The Bertz CT molecular complexity index is 2190. The molecule has 0 spiro atoms. The van der Waals surface area contributed by atoms with Crippen molar-refractivity contribution in [1.82, 2.24) is 0 Å². The summed E-state index contributed by atoms with van der Waals surface area (Å²) < 4.78 is 16.1. The van der Waals surface area contributed by atoms with E-state index in [1.54, 1.807) is 0 Å². The number of hydrogen-bond donors (Lipinski definition) is 0. The van der Waals surface area contributed by atoms with E-state index in [9.17, 15) is 0 Å². The molecule has 0 saturated heterocycles. The van der Waals surface area contributed by atoms with Crippen LogP contribution in [0, 0.1) is 0 Å². The summed E-state index contributed by atoms with van der Waals surface area (Å²) in [5.74, 6) is 0. The first-order valence-corrected chi connectivity index (χ1v) is 16.7. The zero-order valence-corrected chi connectivity index (χ0v) is 25.0. The summed E-state index contributed by atoms with van der Waals surface area (Å²) in [5.41, 5.74) is 4.50. The van der Waals surface area contributed by atoms with Crippen molar-refractivity contribution < 1.29 is 4.57 Å². The second-order valence-corrected chi connectivity index (χ2v) is 14.0. The van der Waals surface area contributed by atoms with Gasteiger partial charge in [0.25, 0.3) is 0 Å². The normalized spacial score (nSPS) is 11.7. The molecule has 0 unspecified atom stereocenters. The van der Waals surface area contributed by atoms with Crippen LogP contribution >= 0.6 is 7.14 Å². The van der Waals surface area contributed by atoms with Crippen LogP contribution in [0.4, 0.5) is 0 Å². The van der Waals surface area contributed by atoms with Crippen molar-refractivity contribution in [2.75, 3.05) is 0 Å². The fourth-order valence-corrected chi connectivity index (χ4v) is 9.46. The molecule has 0 aromatic heterocycles. The van der Waals surface area contributed by atoms with Crippen molar-refractivity contribution in [3.05, 3.63) is 176 Å². The summed E-state index contributed by atoms with van der Waals surface area (Å²) in [5, 5.41) is 9.40. The molecule has 8 rings (SSSR count). The second-order valence-electron chi connectivity index (χ2n) is 11.2. The van der Waals surface area contributed by atoms with Crippen molar-refractivity contribution >= 4 is 55.4 Å². The van der Waals surface area contributed by atoms with Gasteiger partial charge in [-0.25, -0.2) is 0 Å². The first kappa shape index (κ1) is 26.4. The highest BCUT2D eigenvalue weighted by atomic mass is 31.2. The summed E-state index contributed by atoms with van der Waals surface area (Å²) in [6.45, 7) is 0. The minimum atomic E-state index is -3.33. The number of rotatable bonds is 5. The predicted octanol–water partition coefficient (Wildman–Crippen LogP) is 10.1. The van der Waals surface area contributed by atoms with Gasteiger partial charge in [-0.15, -0.1) is 0 Å². The zero-order valence-electron chi connectivity index (χ0n) is 24.1. The third-order valence-electron chi connectivity index (χ3n) is 8.76. The van der Waals surface area contributed by atoms with Gasteiger partial charge in [0.1, 0.15) is 0 Å². The summed E-state index contributed by atoms with van der Waals surface area (Å²) in [7, 11) is -3.33. The van der Waals surface area contributed by atoms with Crippen molar-refractivity contribution in [3.8, 4) is 22.3 Å². The first-order chi connectivity index (χ1) is 21.7. The molecular weight excluding hydrogens is 551 g/mol. The van der Waals surface area contributed by atoms with Crippen LogP contribution in [0.3, 0.4) is 0 Å². The number of fused-ring (bicyclic) bond motifs is 6. The largest absolute Gasteiger partial charge is 0.309 e. The molecule has 0 N–H and O–H groups in total. The van der Waals surface area contributed by atoms with E-state index in [1.807, 2.05) is 36.4 Å². The molecule has 208 valence electrons. The van der Waals surface area contributed by atoms with Crippen molar-refractivity contribution in [2.45, 2.75) is 0 Å². The lowest BCUT2D eigenvalue weighted by Gasteiger charge is -2.24. The highest BCUT2D eigenvalue weighted by molar-refractivity contribution is 7.85. The summed E-state index contributed by atoms with van der Waals surface area (Å²) in [4.78, 5) is 0. The van der Waals surface area contributed by atoms with Crippen LogP contribution in [0.1, 0.15) is 0 Å². The van der Waals surface area contributed by atoms with Crippen LogP contribution in [-0.4, -0.2) is 0 Å². The molecule has 0 radical (unpaired) electrons. The molecule has 0 heterocycles. The van der Waals surface area contributed by atoms with Crippen LogP contribution in [0.5, 0.6) is 0 Å². The molecule has 0 aliphatic heterocycles. The standard InChI is InChI=1S/C42H29OP/c43-44(34-26-22-32(23-27-34)30-12-3-1-4-13-30,35-28-24-33(25-29-35)31-14-5-2-6-15-31)41-21-11-20-40-38-17-8-7-16-36(38)37-18-9-10-19-39(37)42(40)41/h1-29H. The van der Waals surface area contributed by atoms with Crippen molar-refractivity contribution in [3.63, 3.8) is 0 Å². The Hall–Kier alpha value is -5.23. The minimum absolute atomic E-state index is 0.828. The van der Waals surface area contributed by atoms with Crippen LogP contribution in [0.25, 0.3) is 54.6 Å². The maximum absolute atomic E-state index is 16.1. The molecule has 0 saturated carbocycles. The Labute approximate surface area is 257 Å². The number of hydrogen-bond acceptors (Lipinski definition) is 1. The Morgan fingerprint density at radius 2 is 0.636 bits per heavy atom. The van der Waals surface area contributed by atoms with Gasteiger partial charge < -0.3 is 4.57 Å². The molecule has 0 bridgehead atoms. The smallest absolute Gasteiger partial charge is 0.171 e. The average molecular weight is 581 g/mol. The van der Waals surface area contributed by atoms with Gasteiger partial charge >= 0.3 is 0 Å². The topological polar surface area (TPSA) is 17.1 Å². The third kappa shape index (κ3) is 4.29.